The van der Waals surface area contributed by atoms with E-state index in [-0.39, 0.29) is 0 Å². The zero-order valence-electron chi connectivity index (χ0n) is 16.2. The van der Waals surface area contributed by atoms with Crippen LogP contribution in [0.4, 0.5) is 0 Å². The van der Waals surface area contributed by atoms with Crippen LogP contribution >= 0.6 is 0 Å². The van der Waals surface area contributed by atoms with Crippen LogP contribution in [0.5, 0.6) is 0 Å². The van der Waals surface area contributed by atoms with E-state index in [9.17, 15) is 0 Å². The third-order valence-corrected chi connectivity index (χ3v) is 5.58. The molecule has 0 saturated carbocycles. The van der Waals surface area contributed by atoms with Gasteiger partial charge in [-0.25, -0.2) is 0 Å². The van der Waals surface area contributed by atoms with E-state index >= 15 is 0 Å². The summed E-state index contributed by atoms with van der Waals surface area (Å²) < 4.78 is 0. The number of fused-ring (bicyclic) bond motifs is 2. The Kier molecular flexibility index (Phi) is 3.98. The summed E-state index contributed by atoms with van der Waals surface area (Å²) in [6.45, 7) is 4.30. The smallest absolute Gasteiger partial charge is 0.00263 e. The Morgan fingerprint density at radius 2 is 0.893 bits per heavy atom. The van der Waals surface area contributed by atoms with Crippen molar-refractivity contribution in [2.24, 2.45) is 0 Å². The van der Waals surface area contributed by atoms with Crippen molar-refractivity contribution in [2.45, 2.75) is 13.8 Å². The van der Waals surface area contributed by atoms with E-state index in [2.05, 4.69) is 111 Å². The molecule has 0 aliphatic carbocycles. The first kappa shape index (κ1) is 16.8. The Balaban J connectivity index is 1.98. The third-order valence-electron chi connectivity index (χ3n) is 5.58. The van der Waals surface area contributed by atoms with E-state index in [0.717, 1.165) is 0 Å². The van der Waals surface area contributed by atoms with Crippen molar-refractivity contribution < 1.29 is 0 Å². The fraction of sp³-hybridized carbons (Fsp3) is 0.0714. The molecular formula is C28H22. The topological polar surface area (TPSA) is 0 Å². The first-order chi connectivity index (χ1) is 13.7. The summed E-state index contributed by atoms with van der Waals surface area (Å²) in [6.07, 6.45) is 0. The molecule has 5 rings (SSSR count). The third kappa shape index (κ3) is 2.70. The average Bonchev–Trinajstić information content (AvgIpc) is 2.73. The van der Waals surface area contributed by atoms with Crippen molar-refractivity contribution in [1.29, 1.82) is 0 Å². The highest BCUT2D eigenvalue weighted by atomic mass is 14.2. The number of hydrogen-bond acceptors (Lipinski definition) is 0. The molecule has 134 valence electrons. The maximum atomic E-state index is 2.29. The van der Waals surface area contributed by atoms with E-state index in [1.807, 2.05) is 0 Å². The Morgan fingerprint density at radius 1 is 0.393 bits per heavy atom. The summed E-state index contributed by atoms with van der Waals surface area (Å²) in [6, 6.07) is 35.4. The van der Waals surface area contributed by atoms with Gasteiger partial charge in [-0.3, -0.25) is 0 Å². The minimum absolute atomic E-state index is 1.27. The van der Waals surface area contributed by atoms with Crippen LogP contribution in [0.2, 0.25) is 0 Å². The van der Waals surface area contributed by atoms with Gasteiger partial charge in [-0.15, -0.1) is 0 Å². The lowest BCUT2D eigenvalue weighted by atomic mass is 9.85. The molecule has 0 N–H and O–H groups in total. The number of aryl methyl sites for hydroxylation is 2. The molecule has 0 atom stereocenters. The number of benzene rings is 5. The average molecular weight is 358 g/mol. The molecule has 0 spiro atoms. The van der Waals surface area contributed by atoms with Crippen LogP contribution in [0.1, 0.15) is 11.1 Å². The molecule has 5 aromatic rings. The van der Waals surface area contributed by atoms with Crippen molar-refractivity contribution in [2.75, 3.05) is 0 Å². The lowest BCUT2D eigenvalue weighted by Crippen LogP contribution is -1.91. The summed E-state index contributed by atoms with van der Waals surface area (Å²) in [5.74, 6) is 0. The lowest BCUT2D eigenvalue weighted by molar-refractivity contribution is 1.47. The molecule has 0 heteroatoms. The SMILES string of the molecule is Cc1ccc(-c2c3ccccc3c(-c3cccc(C)c3)c3ccccc23)cc1. The highest BCUT2D eigenvalue weighted by molar-refractivity contribution is 6.21. The largest absolute Gasteiger partial charge is 0.0616 e. The van der Waals surface area contributed by atoms with E-state index in [4.69, 9.17) is 0 Å². The molecule has 0 radical (unpaired) electrons. The first-order valence-electron chi connectivity index (χ1n) is 9.80. The van der Waals surface area contributed by atoms with Crippen molar-refractivity contribution in [3.63, 3.8) is 0 Å². The summed E-state index contributed by atoms with van der Waals surface area (Å²) in [7, 11) is 0. The standard InChI is InChI=1S/C28H22/c1-19-14-16-21(17-15-19)27-23-10-3-5-12-25(23)28(22-9-7-8-20(2)18-22)26-13-6-4-11-24(26)27/h3-18H,1-2H3. The van der Waals surface area contributed by atoms with Crippen molar-refractivity contribution >= 4 is 21.5 Å². The normalized spacial score (nSPS) is 11.2. The maximum Gasteiger partial charge on any atom is -0.00263 e. The van der Waals surface area contributed by atoms with Gasteiger partial charge in [-0.05, 0) is 57.6 Å². The van der Waals surface area contributed by atoms with Gasteiger partial charge in [-0.2, -0.15) is 0 Å². The Hall–Kier alpha value is -3.38. The second-order valence-electron chi connectivity index (χ2n) is 7.58. The Labute approximate surface area is 166 Å². The van der Waals surface area contributed by atoms with Crippen LogP contribution in [-0.2, 0) is 0 Å². The fourth-order valence-electron chi connectivity index (χ4n) is 4.27. The minimum Gasteiger partial charge on any atom is -0.0616 e. The van der Waals surface area contributed by atoms with Crippen LogP contribution in [0.15, 0.2) is 97.1 Å². The number of hydrogen-bond donors (Lipinski definition) is 0. The molecule has 28 heavy (non-hydrogen) atoms. The molecule has 0 amide bonds. The molecule has 0 nitrogen and oxygen atoms in total. The van der Waals surface area contributed by atoms with Gasteiger partial charge >= 0.3 is 0 Å². The zero-order valence-corrected chi connectivity index (χ0v) is 16.2. The molecule has 0 bridgehead atoms. The minimum atomic E-state index is 1.27. The number of rotatable bonds is 2. The predicted octanol–water partition coefficient (Wildman–Crippen LogP) is 7.94. The van der Waals surface area contributed by atoms with Crippen LogP contribution < -0.4 is 0 Å². The monoisotopic (exact) mass is 358 g/mol. The van der Waals surface area contributed by atoms with E-state index in [1.54, 1.807) is 0 Å². The highest BCUT2D eigenvalue weighted by Gasteiger charge is 2.16. The van der Waals surface area contributed by atoms with Gasteiger partial charge in [0.25, 0.3) is 0 Å². The van der Waals surface area contributed by atoms with Crippen LogP contribution in [0, 0.1) is 13.8 Å². The van der Waals surface area contributed by atoms with Gasteiger partial charge in [0.2, 0.25) is 0 Å². The van der Waals surface area contributed by atoms with Crippen molar-refractivity contribution in [1.82, 2.24) is 0 Å². The van der Waals surface area contributed by atoms with Crippen LogP contribution in [0.25, 0.3) is 43.8 Å². The predicted molar refractivity (Wildman–Crippen MR) is 122 cm³/mol. The van der Waals surface area contributed by atoms with Crippen molar-refractivity contribution in [3.05, 3.63) is 108 Å². The van der Waals surface area contributed by atoms with E-state index in [0.29, 0.717) is 0 Å². The van der Waals surface area contributed by atoms with Gasteiger partial charge in [0.05, 0.1) is 0 Å². The molecule has 0 saturated heterocycles. The highest BCUT2D eigenvalue weighted by Crippen LogP contribution is 2.43. The molecule has 0 aliphatic heterocycles. The Morgan fingerprint density at radius 3 is 1.39 bits per heavy atom. The lowest BCUT2D eigenvalue weighted by Gasteiger charge is -2.18. The fourth-order valence-corrected chi connectivity index (χ4v) is 4.27. The Bertz CT molecular complexity index is 1250. The molecule has 0 aromatic heterocycles. The summed E-state index contributed by atoms with van der Waals surface area (Å²) in [5, 5.41) is 5.23. The van der Waals surface area contributed by atoms with Gasteiger partial charge < -0.3 is 0 Å². The van der Waals surface area contributed by atoms with Gasteiger partial charge in [-0.1, -0.05) is 108 Å². The molecule has 5 aromatic carbocycles. The van der Waals surface area contributed by atoms with Gasteiger partial charge in [0.1, 0.15) is 0 Å². The van der Waals surface area contributed by atoms with Gasteiger partial charge in [0, 0.05) is 0 Å². The first-order valence-corrected chi connectivity index (χ1v) is 9.80. The van der Waals surface area contributed by atoms with Gasteiger partial charge in [0.15, 0.2) is 0 Å². The molecule has 0 aliphatic rings. The van der Waals surface area contributed by atoms with Crippen molar-refractivity contribution in [3.8, 4) is 22.3 Å². The van der Waals surface area contributed by atoms with Crippen LogP contribution in [0.3, 0.4) is 0 Å². The molecule has 0 heterocycles. The quantitative estimate of drug-likeness (QED) is 0.281. The molecule has 0 fully saturated rings. The van der Waals surface area contributed by atoms with Crippen LogP contribution in [-0.4, -0.2) is 0 Å². The second-order valence-corrected chi connectivity index (χ2v) is 7.58. The van der Waals surface area contributed by atoms with E-state index in [1.165, 1.54) is 54.9 Å². The zero-order chi connectivity index (χ0) is 19.1. The molecule has 0 unspecified atom stereocenters. The summed E-state index contributed by atoms with van der Waals surface area (Å²) >= 11 is 0. The van der Waals surface area contributed by atoms with E-state index < -0.39 is 0 Å². The maximum absolute atomic E-state index is 2.29. The molecular weight excluding hydrogens is 336 g/mol. The second kappa shape index (κ2) is 6.65. The summed E-state index contributed by atoms with van der Waals surface area (Å²) in [5.41, 5.74) is 7.77. The summed E-state index contributed by atoms with van der Waals surface area (Å²) in [4.78, 5) is 0.